The van der Waals surface area contributed by atoms with Gasteiger partial charge < -0.3 is 10.3 Å². The van der Waals surface area contributed by atoms with Crippen LogP contribution in [-0.2, 0) is 10.0 Å². The molecule has 3 N–H and O–H groups in total. The first-order valence-corrected chi connectivity index (χ1v) is 10.2. The van der Waals surface area contributed by atoms with Crippen LogP contribution in [0.4, 0.5) is 0 Å². The van der Waals surface area contributed by atoms with E-state index in [0.29, 0.717) is 17.2 Å². The number of nitrogens with one attached hydrogen (secondary N) is 1. The van der Waals surface area contributed by atoms with Crippen LogP contribution in [-0.4, -0.2) is 20.1 Å². The fraction of sp³-hybridized carbons (Fsp3) is 0.250. The van der Waals surface area contributed by atoms with Crippen LogP contribution in [0, 0.1) is 0 Å². The van der Waals surface area contributed by atoms with Crippen LogP contribution < -0.4 is 10.5 Å². The Morgan fingerprint density at radius 3 is 2.29 bits per heavy atom. The second kappa shape index (κ2) is 9.34. The van der Waals surface area contributed by atoms with Gasteiger partial charge in [-0.05, 0) is 29.2 Å². The average Bonchev–Trinajstić information content (AvgIpc) is 3.21. The van der Waals surface area contributed by atoms with E-state index in [1.807, 2.05) is 24.3 Å². The van der Waals surface area contributed by atoms with E-state index in [9.17, 15) is 8.42 Å². The van der Waals surface area contributed by atoms with E-state index in [0.717, 1.165) is 5.56 Å². The number of sulfonamides is 1. The molecule has 1 atom stereocenters. The van der Waals surface area contributed by atoms with Gasteiger partial charge in [-0.3, -0.25) is 0 Å². The lowest BCUT2D eigenvalue weighted by Crippen LogP contribution is -2.32. The van der Waals surface area contributed by atoms with Gasteiger partial charge in [-0.15, -0.1) is 12.4 Å². The van der Waals surface area contributed by atoms with Crippen molar-refractivity contribution < 1.29 is 12.9 Å². The van der Waals surface area contributed by atoms with Gasteiger partial charge in [-0.2, -0.15) is 0 Å². The molecule has 0 aliphatic carbocycles. The molecule has 1 unspecified atom stereocenters. The van der Waals surface area contributed by atoms with Gasteiger partial charge in [0.05, 0.1) is 11.1 Å². The van der Waals surface area contributed by atoms with Gasteiger partial charge in [0.2, 0.25) is 10.0 Å². The molecule has 0 spiro atoms. The molecule has 1 heterocycles. The summed E-state index contributed by atoms with van der Waals surface area (Å²) < 4.78 is 33.3. The van der Waals surface area contributed by atoms with E-state index >= 15 is 0 Å². The Morgan fingerprint density at radius 2 is 1.68 bits per heavy atom. The lowest BCUT2D eigenvalue weighted by Gasteiger charge is -2.15. The molecule has 3 rings (SSSR count). The fourth-order valence-electron chi connectivity index (χ4n) is 2.78. The summed E-state index contributed by atoms with van der Waals surface area (Å²) in [5.41, 5.74) is 8.74. The first kappa shape index (κ1) is 22.1. The van der Waals surface area contributed by atoms with Crippen LogP contribution in [0.25, 0.3) is 11.3 Å². The Hall–Kier alpha value is -2.19. The van der Waals surface area contributed by atoms with E-state index < -0.39 is 16.1 Å². The summed E-state index contributed by atoms with van der Waals surface area (Å²) in [6.07, 6.45) is 1.48. The second-order valence-corrected chi connectivity index (χ2v) is 8.39. The lowest BCUT2D eigenvalue weighted by atomic mass is 9.99. The normalized spacial score (nSPS) is 12.6. The summed E-state index contributed by atoms with van der Waals surface area (Å²) in [4.78, 5) is 0.129. The van der Waals surface area contributed by atoms with Crippen molar-refractivity contribution in [1.82, 2.24) is 9.88 Å². The molecular formula is C20H24ClN3O3S. The molecule has 0 saturated heterocycles. The van der Waals surface area contributed by atoms with Crippen LogP contribution >= 0.6 is 12.4 Å². The molecule has 0 fully saturated rings. The Bertz CT molecular complexity index is 988. The first-order chi connectivity index (χ1) is 12.9. The molecule has 8 heteroatoms. The van der Waals surface area contributed by atoms with Crippen molar-refractivity contribution in [2.45, 2.75) is 30.7 Å². The highest BCUT2D eigenvalue weighted by atomic mass is 35.5. The van der Waals surface area contributed by atoms with Crippen LogP contribution in [0.5, 0.6) is 0 Å². The molecule has 2 aromatic carbocycles. The number of benzene rings is 2. The fourth-order valence-corrected chi connectivity index (χ4v) is 4.05. The molecule has 0 radical (unpaired) electrons. The van der Waals surface area contributed by atoms with E-state index in [-0.39, 0.29) is 23.8 Å². The molecule has 1 aromatic heterocycles. The highest BCUT2D eigenvalue weighted by molar-refractivity contribution is 7.89. The summed E-state index contributed by atoms with van der Waals surface area (Å²) >= 11 is 0. The number of hydrogen-bond acceptors (Lipinski definition) is 5. The third-order valence-electron chi connectivity index (χ3n) is 4.40. The minimum absolute atomic E-state index is 0. The van der Waals surface area contributed by atoms with Gasteiger partial charge in [-0.25, -0.2) is 13.1 Å². The minimum Gasteiger partial charge on any atom is -0.356 e. The number of nitrogens with zero attached hydrogens (tertiary/aromatic N) is 1. The van der Waals surface area contributed by atoms with E-state index in [1.54, 1.807) is 24.3 Å². The van der Waals surface area contributed by atoms with Crippen LogP contribution in [0.3, 0.4) is 0 Å². The van der Waals surface area contributed by atoms with Gasteiger partial charge in [0.25, 0.3) is 0 Å². The third-order valence-corrected chi connectivity index (χ3v) is 5.89. The van der Waals surface area contributed by atoms with E-state index in [1.165, 1.54) is 17.8 Å². The lowest BCUT2D eigenvalue weighted by molar-refractivity contribution is 0.431. The summed E-state index contributed by atoms with van der Waals surface area (Å²) in [5, 5.41) is 3.64. The molecule has 28 heavy (non-hydrogen) atoms. The Morgan fingerprint density at radius 1 is 1.04 bits per heavy atom. The smallest absolute Gasteiger partial charge is 0.241 e. The molecule has 150 valence electrons. The minimum atomic E-state index is -3.76. The van der Waals surface area contributed by atoms with Gasteiger partial charge in [0.1, 0.15) is 0 Å². The maximum absolute atomic E-state index is 12.8. The zero-order valence-corrected chi connectivity index (χ0v) is 17.3. The zero-order chi connectivity index (χ0) is 19.4. The van der Waals surface area contributed by atoms with Gasteiger partial charge in [0, 0.05) is 24.2 Å². The predicted octanol–water partition coefficient (Wildman–Crippen LogP) is 3.87. The molecule has 0 aliphatic rings. The van der Waals surface area contributed by atoms with Gasteiger partial charge in [0.15, 0.2) is 5.76 Å². The summed E-state index contributed by atoms with van der Waals surface area (Å²) in [5.74, 6) is 0.825. The topological polar surface area (TPSA) is 98.2 Å². The van der Waals surface area contributed by atoms with Crippen LogP contribution in [0.15, 0.2) is 70.2 Å². The van der Waals surface area contributed by atoms with Crippen LogP contribution in [0.1, 0.15) is 36.9 Å². The van der Waals surface area contributed by atoms with E-state index in [4.69, 9.17) is 10.3 Å². The van der Waals surface area contributed by atoms with Crippen molar-refractivity contribution >= 4 is 22.4 Å². The summed E-state index contributed by atoms with van der Waals surface area (Å²) in [6.45, 7) is 4.33. The molecule has 0 aliphatic heterocycles. The number of rotatable bonds is 7. The van der Waals surface area contributed by atoms with Crippen molar-refractivity contribution in [3.63, 3.8) is 0 Å². The highest BCUT2D eigenvalue weighted by Crippen LogP contribution is 2.27. The number of hydrogen-bond donors (Lipinski definition) is 2. The monoisotopic (exact) mass is 421 g/mol. The van der Waals surface area contributed by atoms with Gasteiger partial charge >= 0.3 is 0 Å². The van der Waals surface area contributed by atoms with Crippen molar-refractivity contribution in [3.05, 3.63) is 71.9 Å². The average molecular weight is 422 g/mol. The van der Waals surface area contributed by atoms with Crippen LogP contribution in [0.2, 0.25) is 0 Å². The summed E-state index contributed by atoms with van der Waals surface area (Å²) in [7, 11) is -3.76. The second-order valence-electron chi connectivity index (χ2n) is 6.65. The number of halogens is 1. The molecule has 0 bridgehead atoms. The Kier molecular flexibility index (Phi) is 7.37. The van der Waals surface area contributed by atoms with Crippen molar-refractivity contribution in [2.75, 3.05) is 6.54 Å². The zero-order valence-electron chi connectivity index (χ0n) is 15.7. The highest BCUT2D eigenvalue weighted by Gasteiger charge is 2.21. The molecule has 0 saturated carbocycles. The molecular weight excluding hydrogens is 398 g/mol. The standard InChI is InChI=1S/C20H23N3O3S.ClH/c1-14(2)15-7-9-16(10-8-15)18(21)13-23-27(24,25)20-6-4-3-5-17(20)19-11-12-22-26-19;/h3-12,14,18,23H,13,21H2,1-2H3;1H. The van der Waals surface area contributed by atoms with Crippen molar-refractivity contribution in [3.8, 4) is 11.3 Å². The van der Waals surface area contributed by atoms with Crippen molar-refractivity contribution in [2.24, 2.45) is 5.73 Å². The Balaban J connectivity index is 0.00000280. The first-order valence-electron chi connectivity index (χ1n) is 8.73. The van der Waals surface area contributed by atoms with Crippen molar-refractivity contribution in [1.29, 1.82) is 0 Å². The third kappa shape index (κ3) is 4.99. The number of aromatic nitrogens is 1. The SMILES string of the molecule is CC(C)c1ccc(C(N)CNS(=O)(=O)c2ccccc2-c2ccno2)cc1.Cl. The Labute approximate surface area is 171 Å². The maximum Gasteiger partial charge on any atom is 0.241 e. The quantitative estimate of drug-likeness (QED) is 0.603. The number of nitrogens with two attached hydrogens (primary N) is 1. The van der Waals surface area contributed by atoms with E-state index in [2.05, 4.69) is 23.7 Å². The predicted molar refractivity (Wildman–Crippen MR) is 112 cm³/mol. The molecule has 0 amide bonds. The summed E-state index contributed by atoms with van der Waals surface area (Å²) in [6, 6.07) is 15.7. The van der Waals surface area contributed by atoms with Gasteiger partial charge in [-0.1, -0.05) is 55.4 Å². The largest absolute Gasteiger partial charge is 0.356 e. The maximum atomic E-state index is 12.8. The molecule has 6 nitrogen and oxygen atoms in total. The molecule has 3 aromatic rings.